The van der Waals surface area contributed by atoms with E-state index in [1.807, 2.05) is 35.7 Å². The van der Waals surface area contributed by atoms with Gasteiger partial charge >= 0.3 is 0 Å². The molecule has 1 aliphatic heterocycles. The number of nitrogens with zero attached hydrogens (tertiary/aromatic N) is 4. The number of nitrogens with one attached hydrogen (secondary N) is 2. The number of amides is 1. The molecule has 4 aromatic rings. The Morgan fingerprint density at radius 1 is 1.19 bits per heavy atom. The van der Waals surface area contributed by atoms with Gasteiger partial charge < -0.3 is 16.4 Å². The molecule has 32 heavy (non-hydrogen) atoms. The van der Waals surface area contributed by atoms with Crippen LogP contribution in [0.2, 0.25) is 0 Å². The lowest BCUT2D eigenvalue weighted by Crippen LogP contribution is -2.28. The normalized spacial score (nSPS) is 16.2. The largest absolute Gasteiger partial charge is 0.382 e. The van der Waals surface area contributed by atoms with Gasteiger partial charge in [0.2, 0.25) is 0 Å². The Bertz CT molecular complexity index is 1280. The average Bonchev–Trinajstić information content (AvgIpc) is 3.21. The maximum absolute atomic E-state index is 12.7. The maximum atomic E-state index is 12.7. The lowest BCUT2D eigenvalue weighted by Gasteiger charge is -2.22. The molecule has 0 bridgehead atoms. The fourth-order valence-electron chi connectivity index (χ4n) is 4.29. The number of hydrogen-bond acceptors (Lipinski definition) is 6. The number of pyridine rings is 1. The molecule has 8 heteroatoms. The first-order chi connectivity index (χ1) is 15.6. The number of fused-ring (bicyclic) bond motifs is 1. The number of carbonyl (C=O) groups is 1. The van der Waals surface area contributed by atoms with Crippen LogP contribution in [0.4, 0.5) is 11.6 Å². The van der Waals surface area contributed by atoms with Crippen molar-refractivity contribution in [1.29, 1.82) is 0 Å². The van der Waals surface area contributed by atoms with Crippen LogP contribution in [-0.2, 0) is 0 Å². The molecule has 0 saturated carbocycles. The summed E-state index contributed by atoms with van der Waals surface area (Å²) >= 11 is 0. The third-order valence-electron chi connectivity index (χ3n) is 5.88. The number of anilines is 2. The lowest BCUT2D eigenvalue weighted by molar-refractivity contribution is 0.102. The number of aromatic nitrogens is 4. The molecule has 0 radical (unpaired) electrons. The lowest BCUT2D eigenvalue weighted by atomic mass is 10.0. The van der Waals surface area contributed by atoms with E-state index in [2.05, 4.69) is 20.6 Å². The molecule has 1 aliphatic rings. The van der Waals surface area contributed by atoms with Crippen LogP contribution in [0, 0.1) is 6.92 Å². The summed E-state index contributed by atoms with van der Waals surface area (Å²) in [6.07, 6.45) is 8.65. The second-order valence-corrected chi connectivity index (χ2v) is 8.05. The summed E-state index contributed by atoms with van der Waals surface area (Å²) in [5.41, 5.74) is 10.3. The minimum Gasteiger partial charge on any atom is -0.382 e. The maximum Gasteiger partial charge on any atom is 0.256 e. The van der Waals surface area contributed by atoms with Gasteiger partial charge in [0.05, 0.1) is 6.04 Å². The highest BCUT2D eigenvalue weighted by Gasteiger charge is 2.24. The minimum atomic E-state index is -0.207. The summed E-state index contributed by atoms with van der Waals surface area (Å²) in [7, 11) is 0. The highest BCUT2D eigenvalue weighted by molar-refractivity contribution is 6.04. The van der Waals surface area contributed by atoms with E-state index in [4.69, 9.17) is 10.7 Å². The SMILES string of the molecule is Cc1cc(C(=O)Nc2ccccn2)ccc1-c1nc(C2CCCCN2)n2ccnc(N)c12. The summed E-state index contributed by atoms with van der Waals surface area (Å²) in [5.74, 6) is 1.69. The van der Waals surface area contributed by atoms with Crippen molar-refractivity contribution in [3.63, 3.8) is 0 Å². The van der Waals surface area contributed by atoms with Gasteiger partial charge in [-0.05, 0) is 56.1 Å². The van der Waals surface area contributed by atoms with Crippen molar-refractivity contribution < 1.29 is 4.79 Å². The summed E-state index contributed by atoms with van der Waals surface area (Å²) in [6.45, 7) is 2.96. The average molecular weight is 428 g/mol. The third kappa shape index (κ3) is 3.69. The van der Waals surface area contributed by atoms with Crippen molar-refractivity contribution in [2.24, 2.45) is 0 Å². The second kappa shape index (κ2) is 8.39. The van der Waals surface area contributed by atoms with Crippen molar-refractivity contribution in [1.82, 2.24) is 24.7 Å². The summed E-state index contributed by atoms with van der Waals surface area (Å²) in [4.78, 5) is 26.2. The van der Waals surface area contributed by atoms with Gasteiger partial charge in [-0.2, -0.15) is 0 Å². The Morgan fingerprint density at radius 3 is 2.84 bits per heavy atom. The van der Waals surface area contributed by atoms with Crippen molar-refractivity contribution in [3.05, 3.63) is 71.9 Å². The Morgan fingerprint density at radius 2 is 2.09 bits per heavy atom. The smallest absolute Gasteiger partial charge is 0.256 e. The summed E-state index contributed by atoms with van der Waals surface area (Å²) < 4.78 is 2.04. The number of hydrogen-bond donors (Lipinski definition) is 3. The summed E-state index contributed by atoms with van der Waals surface area (Å²) in [6, 6.07) is 11.2. The van der Waals surface area contributed by atoms with E-state index < -0.39 is 0 Å². The molecule has 0 spiro atoms. The number of nitrogens with two attached hydrogens (primary N) is 1. The van der Waals surface area contributed by atoms with Crippen LogP contribution in [-0.4, -0.2) is 31.8 Å². The van der Waals surface area contributed by atoms with Crippen LogP contribution in [0.5, 0.6) is 0 Å². The quantitative estimate of drug-likeness (QED) is 0.458. The molecule has 4 N–H and O–H groups in total. The van der Waals surface area contributed by atoms with E-state index in [-0.39, 0.29) is 11.9 Å². The highest BCUT2D eigenvalue weighted by Crippen LogP contribution is 2.34. The van der Waals surface area contributed by atoms with E-state index in [1.165, 1.54) is 12.8 Å². The second-order valence-electron chi connectivity index (χ2n) is 8.05. The highest BCUT2D eigenvalue weighted by atomic mass is 16.1. The van der Waals surface area contributed by atoms with Crippen molar-refractivity contribution in [2.45, 2.75) is 32.2 Å². The van der Waals surface area contributed by atoms with E-state index in [1.54, 1.807) is 30.6 Å². The molecule has 1 atom stereocenters. The zero-order valence-corrected chi connectivity index (χ0v) is 17.9. The molecular formula is C24H25N7O. The van der Waals surface area contributed by atoms with Crippen LogP contribution in [0.1, 0.15) is 47.1 Å². The number of nitrogen functional groups attached to an aromatic ring is 1. The van der Waals surface area contributed by atoms with Crippen LogP contribution in [0.3, 0.4) is 0 Å². The number of rotatable bonds is 4. The van der Waals surface area contributed by atoms with Crippen LogP contribution >= 0.6 is 0 Å². The zero-order chi connectivity index (χ0) is 22.1. The Labute approximate surface area is 185 Å². The van der Waals surface area contributed by atoms with Gasteiger partial charge in [-0.3, -0.25) is 9.20 Å². The molecule has 1 aromatic carbocycles. The topological polar surface area (TPSA) is 110 Å². The molecule has 1 saturated heterocycles. The first kappa shape index (κ1) is 20.1. The Kier molecular flexibility index (Phi) is 5.28. The van der Waals surface area contributed by atoms with Crippen LogP contribution in [0.15, 0.2) is 55.0 Å². The van der Waals surface area contributed by atoms with Crippen molar-refractivity contribution in [2.75, 3.05) is 17.6 Å². The molecule has 162 valence electrons. The van der Waals surface area contributed by atoms with E-state index in [0.717, 1.165) is 41.1 Å². The van der Waals surface area contributed by atoms with E-state index in [9.17, 15) is 4.79 Å². The van der Waals surface area contributed by atoms with Gasteiger partial charge in [-0.15, -0.1) is 0 Å². The fraction of sp³-hybridized carbons (Fsp3) is 0.250. The summed E-state index contributed by atoms with van der Waals surface area (Å²) in [5, 5.41) is 6.39. The predicted molar refractivity (Wildman–Crippen MR) is 124 cm³/mol. The first-order valence-electron chi connectivity index (χ1n) is 10.8. The van der Waals surface area contributed by atoms with Gasteiger partial charge in [0.15, 0.2) is 0 Å². The minimum absolute atomic E-state index is 0.176. The molecule has 0 aliphatic carbocycles. The predicted octanol–water partition coefficient (Wildman–Crippen LogP) is 3.75. The fourth-order valence-corrected chi connectivity index (χ4v) is 4.29. The molecule has 8 nitrogen and oxygen atoms in total. The van der Waals surface area contributed by atoms with Gasteiger partial charge in [0.1, 0.15) is 28.7 Å². The number of imidazole rings is 1. The zero-order valence-electron chi connectivity index (χ0n) is 17.9. The Hall–Kier alpha value is -3.78. The van der Waals surface area contributed by atoms with Crippen molar-refractivity contribution in [3.8, 4) is 11.3 Å². The molecule has 3 aromatic heterocycles. The van der Waals surface area contributed by atoms with E-state index >= 15 is 0 Å². The molecule has 1 fully saturated rings. The van der Waals surface area contributed by atoms with Gasteiger partial charge in [-0.1, -0.05) is 18.6 Å². The Balaban J connectivity index is 1.53. The van der Waals surface area contributed by atoms with Crippen molar-refractivity contribution >= 4 is 23.1 Å². The van der Waals surface area contributed by atoms with Crippen LogP contribution < -0.4 is 16.4 Å². The monoisotopic (exact) mass is 427 g/mol. The standard InChI is InChI=1S/C24H25N7O/c1-15-14-16(24(32)29-19-7-3-5-11-27-19)8-9-17(15)20-21-22(25)28-12-13-31(21)23(30-20)18-6-2-4-10-26-18/h3,5,7-9,11-14,18,26H,2,4,6,10H2,1H3,(H2,25,28)(H,27,29,32). The van der Waals surface area contributed by atoms with E-state index in [0.29, 0.717) is 17.2 Å². The van der Waals surface area contributed by atoms with Gasteiger partial charge in [0, 0.05) is 29.7 Å². The number of aryl methyl sites for hydroxylation is 1. The number of benzene rings is 1. The van der Waals surface area contributed by atoms with Gasteiger partial charge in [0.25, 0.3) is 5.91 Å². The van der Waals surface area contributed by atoms with Gasteiger partial charge in [-0.25, -0.2) is 15.0 Å². The van der Waals surface area contributed by atoms with Crippen LogP contribution in [0.25, 0.3) is 16.8 Å². The first-order valence-corrected chi connectivity index (χ1v) is 10.8. The number of carbonyl (C=O) groups excluding carboxylic acids is 1. The third-order valence-corrected chi connectivity index (χ3v) is 5.88. The molecule has 5 rings (SSSR count). The molecule has 4 heterocycles. The molecular weight excluding hydrogens is 402 g/mol. The molecule has 1 amide bonds. The number of piperidine rings is 1. The molecule has 1 unspecified atom stereocenters.